The van der Waals surface area contributed by atoms with Gasteiger partial charge in [0.15, 0.2) is 11.5 Å². The molecule has 0 spiro atoms. The minimum absolute atomic E-state index is 0.0224. The Hall–Kier alpha value is -3.15. The van der Waals surface area contributed by atoms with Gasteiger partial charge in [0.25, 0.3) is 5.91 Å². The van der Waals surface area contributed by atoms with Crippen molar-refractivity contribution < 1.29 is 23.5 Å². The summed E-state index contributed by atoms with van der Waals surface area (Å²) in [4.78, 5) is 28.6. The number of nitrogens with zero attached hydrogens (tertiary/aromatic N) is 1. The first-order chi connectivity index (χ1) is 15.1. The summed E-state index contributed by atoms with van der Waals surface area (Å²) in [5.41, 5.74) is 1.85. The monoisotopic (exact) mass is 421 g/mol. The number of methoxy groups -OCH3 is 1. The van der Waals surface area contributed by atoms with Gasteiger partial charge in [-0.05, 0) is 54.7 Å². The van der Waals surface area contributed by atoms with Gasteiger partial charge in [-0.1, -0.05) is 30.7 Å². The van der Waals surface area contributed by atoms with Crippen molar-refractivity contribution in [3.63, 3.8) is 0 Å². The molecule has 3 atom stereocenters. The van der Waals surface area contributed by atoms with Gasteiger partial charge in [0, 0.05) is 6.54 Å². The van der Waals surface area contributed by atoms with Crippen LogP contribution >= 0.6 is 0 Å². The quantitative estimate of drug-likeness (QED) is 0.737. The van der Waals surface area contributed by atoms with Crippen LogP contribution < -0.4 is 4.74 Å². The summed E-state index contributed by atoms with van der Waals surface area (Å²) >= 11 is 0. The third-order valence-electron chi connectivity index (χ3n) is 6.54. The molecule has 3 unspecified atom stereocenters. The van der Waals surface area contributed by atoms with Crippen molar-refractivity contribution >= 4 is 11.7 Å². The molecule has 2 aromatic carbocycles. The average Bonchev–Trinajstić information content (AvgIpc) is 3.06. The lowest BCUT2D eigenvalue weighted by Gasteiger charge is -2.35. The van der Waals surface area contributed by atoms with Gasteiger partial charge in [-0.15, -0.1) is 0 Å². The summed E-state index contributed by atoms with van der Waals surface area (Å²) in [5, 5.41) is 0. The van der Waals surface area contributed by atoms with Gasteiger partial charge in [0.05, 0.1) is 24.6 Å². The molecule has 3 aliphatic rings. The normalized spacial score (nSPS) is 25.2. The van der Waals surface area contributed by atoms with E-state index in [0.29, 0.717) is 11.1 Å². The number of carbonyl (C=O) groups excluding carboxylic acids is 2. The Bertz CT molecular complexity index is 1060. The van der Waals surface area contributed by atoms with E-state index in [1.54, 1.807) is 24.1 Å². The summed E-state index contributed by atoms with van der Waals surface area (Å²) in [6.07, 6.45) is 3.28. The van der Waals surface area contributed by atoms with Gasteiger partial charge in [0.1, 0.15) is 17.7 Å². The Balaban J connectivity index is 1.56. The Morgan fingerprint density at radius 2 is 1.87 bits per heavy atom. The molecule has 1 aliphatic carbocycles. The van der Waals surface area contributed by atoms with Crippen molar-refractivity contribution in [2.24, 2.45) is 5.92 Å². The molecule has 2 heterocycles. The molecule has 0 bridgehead atoms. The van der Waals surface area contributed by atoms with Crippen molar-refractivity contribution in [1.82, 2.24) is 4.90 Å². The summed E-state index contributed by atoms with van der Waals surface area (Å²) in [6.45, 7) is 0.281. The number of amides is 1. The molecule has 0 radical (unpaired) electrons. The summed E-state index contributed by atoms with van der Waals surface area (Å²) in [5.74, 6) is -0.0854. The van der Waals surface area contributed by atoms with E-state index >= 15 is 0 Å². The number of hydrogen-bond donors (Lipinski definition) is 0. The zero-order chi connectivity index (χ0) is 21.5. The van der Waals surface area contributed by atoms with Crippen LogP contribution in [0.25, 0.3) is 0 Å². The molecule has 0 N–H and O–H groups in total. The third-order valence-corrected chi connectivity index (χ3v) is 6.54. The fourth-order valence-electron chi connectivity index (χ4n) is 5.01. The maximum absolute atomic E-state index is 14.1. The van der Waals surface area contributed by atoms with E-state index in [4.69, 9.17) is 9.47 Å². The second kappa shape index (κ2) is 7.84. The molecule has 1 amide bonds. The van der Waals surface area contributed by atoms with Gasteiger partial charge < -0.3 is 14.4 Å². The van der Waals surface area contributed by atoms with E-state index in [1.165, 1.54) is 12.1 Å². The van der Waals surface area contributed by atoms with Crippen LogP contribution in [0.2, 0.25) is 0 Å². The highest BCUT2D eigenvalue weighted by Crippen LogP contribution is 2.47. The molecule has 31 heavy (non-hydrogen) atoms. The Labute approximate surface area is 180 Å². The number of ketones is 1. The first kappa shape index (κ1) is 19.8. The number of Topliss-reactive ketones (excluding diaryl/α,β-unsaturated/α-hetero) is 1. The van der Waals surface area contributed by atoms with Crippen LogP contribution in [0.5, 0.6) is 5.75 Å². The largest absolute Gasteiger partial charge is 0.497 e. The van der Waals surface area contributed by atoms with Crippen molar-refractivity contribution in [1.29, 1.82) is 0 Å². The lowest BCUT2D eigenvalue weighted by molar-refractivity contribution is -0.135. The Morgan fingerprint density at radius 1 is 1.10 bits per heavy atom. The molecule has 2 aliphatic heterocycles. The Kier molecular flexibility index (Phi) is 5.00. The van der Waals surface area contributed by atoms with Crippen LogP contribution in [0.3, 0.4) is 0 Å². The minimum Gasteiger partial charge on any atom is -0.497 e. The van der Waals surface area contributed by atoms with Crippen LogP contribution in [-0.2, 0) is 20.9 Å². The van der Waals surface area contributed by atoms with E-state index in [-0.39, 0.29) is 36.0 Å². The topological polar surface area (TPSA) is 55.8 Å². The summed E-state index contributed by atoms with van der Waals surface area (Å²) in [6, 6.07) is 12.9. The van der Waals surface area contributed by atoms with Crippen molar-refractivity contribution in [2.45, 2.75) is 44.4 Å². The maximum atomic E-state index is 14.1. The van der Waals surface area contributed by atoms with E-state index in [9.17, 15) is 14.0 Å². The first-order valence-electron chi connectivity index (χ1n) is 10.7. The van der Waals surface area contributed by atoms with Crippen LogP contribution in [0.4, 0.5) is 4.39 Å². The average molecular weight is 421 g/mol. The predicted octanol–water partition coefficient (Wildman–Crippen LogP) is 4.33. The second-order valence-electron chi connectivity index (χ2n) is 8.39. The number of fused-ring (bicyclic) bond motifs is 1. The first-order valence-corrected chi connectivity index (χ1v) is 10.7. The van der Waals surface area contributed by atoms with Crippen LogP contribution in [-0.4, -0.2) is 29.8 Å². The molecule has 2 aromatic rings. The van der Waals surface area contributed by atoms with E-state index in [2.05, 4.69) is 0 Å². The van der Waals surface area contributed by atoms with Crippen LogP contribution in [0, 0.1) is 11.7 Å². The maximum Gasteiger partial charge on any atom is 0.290 e. The van der Waals surface area contributed by atoms with Gasteiger partial charge in [-0.25, -0.2) is 4.39 Å². The molecule has 6 heteroatoms. The zero-order valence-corrected chi connectivity index (χ0v) is 17.3. The Morgan fingerprint density at radius 3 is 2.61 bits per heavy atom. The third kappa shape index (κ3) is 3.40. The number of benzene rings is 2. The molecule has 1 saturated carbocycles. The lowest BCUT2D eigenvalue weighted by Crippen LogP contribution is -2.39. The molecular formula is C25H24FNO4. The lowest BCUT2D eigenvalue weighted by atomic mass is 9.77. The van der Waals surface area contributed by atoms with Crippen molar-refractivity contribution in [3.8, 4) is 5.75 Å². The molecule has 5 nitrogen and oxygen atoms in total. The molecule has 5 rings (SSSR count). The molecular weight excluding hydrogens is 397 g/mol. The molecule has 1 fully saturated rings. The number of rotatable bonds is 4. The number of ether oxygens (including phenoxy) is 2. The standard InChI is InChI=1S/C25H24FNO4/c1-30-18-11-9-15(10-12-18)14-27-22(16-5-4-6-17(26)13-16)21-23(28)19-7-2-3-8-20(19)31-24(21)25(27)29/h4-6,9-13,19-20,22H,2-3,7-8,14H2,1H3. The highest BCUT2D eigenvalue weighted by Gasteiger charge is 2.51. The SMILES string of the molecule is COc1ccc(CN2C(=O)C3=C(C(=O)C4CCCCC4O3)C2c2cccc(F)c2)cc1. The number of halogens is 1. The van der Waals surface area contributed by atoms with Gasteiger partial charge in [0.2, 0.25) is 0 Å². The van der Waals surface area contributed by atoms with E-state index < -0.39 is 11.9 Å². The van der Waals surface area contributed by atoms with Crippen molar-refractivity contribution in [2.75, 3.05) is 7.11 Å². The fraction of sp³-hybridized carbons (Fsp3) is 0.360. The fourth-order valence-corrected chi connectivity index (χ4v) is 5.01. The van der Waals surface area contributed by atoms with E-state index in [0.717, 1.165) is 37.0 Å². The van der Waals surface area contributed by atoms with Gasteiger partial charge in [-0.2, -0.15) is 0 Å². The smallest absolute Gasteiger partial charge is 0.290 e. The minimum atomic E-state index is -0.657. The van der Waals surface area contributed by atoms with Gasteiger partial charge >= 0.3 is 0 Å². The van der Waals surface area contributed by atoms with Crippen LogP contribution in [0.15, 0.2) is 59.9 Å². The highest BCUT2D eigenvalue weighted by molar-refractivity contribution is 6.11. The van der Waals surface area contributed by atoms with E-state index in [1.807, 2.05) is 24.3 Å². The second-order valence-corrected chi connectivity index (χ2v) is 8.39. The molecule has 0 saturated heterocycles. The summed E-state index contributed by atoms with van der Waals surface area (Å²) < 4.78 is 25.4. The zero-order valence-electron chi connectivity index (χ0n) is 17.3. The molecule has 160 valence electrons. The molecule has 0 aromatic heterocycles. The summed E-state index contributed by atoms with van der Waals surface area (Å²) in [7, 11) is 1.60. The van der Waals surface area contributed by atoms with Crippen LogP contribution in [0.1, 0.15) is 42.9 Å². The number of hydrogen-bond acceptors (Lipinski definition) is 4. The predicted molar refractivity (Wildman–Crippen MR) is 112 cm³/mol. The van der Waals surface area contributed by atoms with Gasteiger partial charge in [-0.3, -0.25) is 9.59 Å². The van der Waals surface area contributed by atoms with Crippen molar-refractivity contribution in [3.05, 3.63) is 76.8 Å². The highest BCUT2D eigenvalue weighted by atomic mass is 19.1. The number of carbonyl (C=O) groups is 2.